The second kappa shape index (κ2) is 11.0. The molecule has 33 heavy (non-hydrogen) atoms. The predicted molar refractivity (Wildman–Crippen MR) is 96.1 cm³/mol. The first-order chi connectivity index (χ1) is 14.7. The van der Waals surface area contributed by atoms with Crippen LogP contribution in [0.3, 0.4) is 0 Å². The number of rotatable bonds is 6. The zero-order valence-electron chi connectivity index (χ0n) is 15.1. The van der Waals surface area contributed by atoms with Gasteiger partial charge in [-0.3, -0.25) is 60.7 Å². The van der Waals surface area contributed by atoms with E-state index in [0.29, 0.717) is 24.3 Å². The Morgan fingerprint density at radius 1 is 0.455 bits per heavy atom. The molecule has 0 fully saturated rings. The third kappa shape index (κ3) is 6.58. The molecule has 0 aliphatic rings. The molecule has 0 saturated carbocycles. The van der Waals surface area contributed by atoms with Crippen LogP contribution in [0.25, 0.3) is 0 Å². The quantitative estimate of drug-likeness (QED) is 0.288. The van der Waals surface area contributed by atoms with Crippen LogP contribution in [0.1, 0.15) is 0 Å². The van der Waals surface area contributed by atoms with E-state index in [0.717, 1.165) is 0 Å². The number of hydrogen-bond donors (Lipinski definition) is 2. The Balaban J connectivity index is 0.000000602. The van der Waals surface area contributed by atoms with Gasteiger partial charge in [0, 0.05) is 22.4 Å². The van der Waals surface area contributed by atoms with Gasteiger partial charge < -0.3 is 10.2 Å². The first-order valence-electron chi connectivity index (χ1n) is 7.29. The van der Waals surface area contributed by atoms with Crippen molar-refractivity contribution in [3.05, 3.63) is 85.0 Å². The first kappa shape index (κ1) is 28.2. The van der Waals surface area contributed by atoms with Crippen LogP contribution in [-0.2, 0) is 22.4 Å². The Morgan fingerprint density at radius 3 is 0.758 bits per heavy atom. The van der Waals surface area contributed by atoms with E-state index >= 15 is 0 Å². The van der Waals surface area contributed by atoms with Crippen molar-refractivity contribution in [1.29, 1.82) is 0 Å². The van der Waals surface area contributed by atoms with E-state index in [4.69, 9.17) is 10.2 Å². The topological polar surface area (TPSA) is 299 Å². The third-order valence-corrected chi connectivity index (χ3v) is 3.32. The summed E-state index contributed by atoms with van der Waals surface area (Å²) >= 11 is 0. The smallest absolute Gasteiger partial charge is 0.324 e. The number of nitro groups is 6. The molecular formula is C12H6AgN6O14. The van der Waals surface area contributed by atoms with Crippen molar-refractivity contribution in [2.75, 3.05) is 0 Å². The summed E-state index contributed by atoms with van der Waals surface area (Å²) in [5.74, 6) is -2.42. The molecule has 0 heterocycles. The van der Waals surface area contributed by atoms with E-state index < -0.39 is 75.2 Å². The number of hydrogen-bond acceptors (Lipinski definition) is 14. The Bertz CT molecular complexity index is 1020. The van der Waals surface area contributed by atoms with Crippen molar-refractivity contribution < 1.29 is 62.1 Å². The molecule has 2 N–H and O–H groups in total. The van der Waals surface area contributed by atoms with Crippen molar-refractivity contribution in [3.8, 4) is 11.5 Å². The molecule has 0 unspecified atom stereocenters. The van der Waals surface area contributed by atoms with Gasteiger partial charge in [-0.05, 0) is 0 Å². The summed E-state index contributed by atoms with van der Waals surface area (Å²) in [6, 6.07) is 1.79. The Kier molecular flexibility index (Phi) is 9.38. The number of nitro benzene ring substituents is 6. The fourth-order valence-electron chi connectivity index (χ4n) is 1.95. The Morgan fingerprint density at radius 2 is 0.636 bits per heavy atom. The second-order valence-electron chi connectivity index (χ2n) is 5.21. The normalized spacial score (nSPS) is 9.45. The van der Waals surface area contributed by atoms with E-state index in [1.54, 1.807) is 0 Å². The minimum atomic E-state index is -1.21. The van der Waals surface area contributed by atoms with Crippen LogP contribution < -0.4 is 0 Å². The van der Waals surface area contributed by atoms with Gasteiger partial charge in [0.15, 0.2) is 0 Å². The molecule has 0 bridgehead atoms. The summed E-state index contributed by atoms with van der Waals surface area (Å²) in [5, 5.41) is 80.4. The fraction of sp³-hybridized carbons (Fsp3) is 0. The maximum Gasteiger partial charge on any atom is 0.324 e. The van der Waals surface area contributed by atoms with Crippen molar-refractivity contribution in [2.45, 2.75) is 0 Å². The average Bonchev–Trinajstić information content (AvgIpc) is 2.67. The maximum absolute atomic E-state index is 10.4. The maximum atomic E-state index is 10.4. The molecule has 179 valence electrons. The third-order valence-electron chi connectivity index (χ3n) is 3.32. The van der Waals surface area contributed by atoms with Gasteiger partial charge in [0.2, 0.25) is 0 Å². The number of benzene rings is 2. The van der Waals surface area contributed by atoms with Crippen LogP contribution in [0.4, 0.5) is 34.1 Å². The van der Waals surface area contributed by atoms with Crippen LogP contribution in [0, 0.1) is 60.7 Å². The van der Waals surface area contributed by atoms with E-state index in [-0.39, 0.29) is 22.4 Å². The van der Waals surface area contributed by atoms with Gasteiger partial charge in [0.25, 0.3) is 22.9 Å². The molecule has 21 heteroatoms. The summed E-state index contributed by atoms with van der Waals surface area (Å²) < 4.78 is 0. The molecule has 0 atom stereocenters. The van der Waals surface area contributed by atoms with Gasteiger partial charge >= 0.3 is 22.7 Å². The number of nitrogens with zero attached hydrogens (tertiary/aromatic N) is 6. The standard InChI is InChI=1S/2C6H3N3O7.Ag/c2*10-6-4(8(13)14)1-3(7(11)12)2-5(6)9(15)16;/h2*1-2,10H;. The number of aromatic hydroxyl groups is 2. The molecule has 0 aliphatic heterocycles. The average molecular weight is 566 g/mol. The zero-order valence-corrected chi connectivity index (χ0v) is 16.6. The van der Waals surface area contributed by atoms with Gasteiger partial charge in [-0.15, -0.1) is 0 Å². The molecule has 1 radical (unpaired) electrons. The SMILES string of the molecule is O=[N+]([O-])c1cc([N+](=O)[O-])c(O)c([N+](=O)[O-])c1.O=[N+]([O-])c1cc([N+](=O)[O-])c(O)c([N+](=O)[O-])c1.[Ag]. The van der Waals surface area contributed by atoms with Crippen molar-refractivity contribution in [3.63, 3.8) is 0 Å². The van der Waals surface area contributed by atoms with E-state index in [1.807, 2.05) is 0 Å². The molecule has 0 saturated heterocycles. The molecule has 2 aromatic carbocycles. The first-order valence-corrected chi connectivity index (χ1v) is 7.29. The van der Waals surface area contributed by atoms with Crippen LogP contribution >= 0.6 is 0 Å². The summed E-state index contributed by atoms with van der Waals surface area (Å²) in [6.45, 7) is 0. The summed E-state index contributed by atoms with van der Waals surface area (Å²) in [4.78, 5) is 55.5. The summed E-state index contributed by atoms with van der Waals surface area (Å²) in [7, 11) is 0. The van der Waals surface area contributed by atoms with Crippen molar-refractivity contribution >= 4 is 34.1 Å². The molecule has 0 aromatic heterocycles. The van der Waals surface area contributed by atoms with Gasteiger partial charge in [-0.1, -0.05) is 0 Å². The molecule has 2 rings (SSSR count). The monoisotopic (exact) mass is 565 g/mol. The molecular weight excluding hydrogens is 560 g/mol. The fourth-order valence-corrected chi connectivity index (χ4v) is 1.95. The van der Waals surface area contributed by atoms with Gasteiger partial charge in [-0.25, -0.2) is 0 Å². The van der Waals surface area contributed by atoms with E-state index in [1.165, 1.54) is 0 Å². The summed E-state index contributed by atoms with van der Waals surface area (Å²) in [5.41, 5.74) is -6.00. The number of non-ortho nitro benzene ring substituents is 2. The molecule has 0 spiro atoms. The Labute approximate surface area is 193 Å². The van der Waals surface area contributed by atoms with Crippen LogP contribution in [0.5, 0.6) is 11.5 Å². The Hall–Kier alpha value is -4.82. The van der Waals surface area contributed by atoms with Crippen LogP contribution in [0.15, 0.2) is 24.3 Å². The minimum Gasteiger partial charge on any atom is -0.497 e. The van der Waals surface area contributed by atoms with Crippen LogP contribution in [-0.4, -0.2) is 39.8 Å². The minimum absolute atomic E-state index is 0. The number of phenolic OH excluding ortho intramolecular Hbond substituents is 2. The predicted octanol–water partition coefficient (Wildman–Crippen LogP) is 2.23. The van der Waals surface area contributed by atoms with Gasteiger partial charge in [-0.2, -0.15) is 0 Å². The van der Waals surface area contributed by atoms with Gasteiger partial charge in [0.05, 0.1) is 53.8 Å². The zero-order chi connectivity index (χ0) is 24.9. The van der Waals surface area contributed by atoms with Crippen molar-refractivity contribution in [2.24, 2.45) is 0 Å². The molecule has 2 aromatic rings. The molecule has 20 nitrogen and oxygen atoms in total. The van der Waals surface area contributed by atoms with Crippen molar-refractivity contribution in [1.82, 2.24) is 0 Å². The van der Waals surface area contributed by atoms with E-state index in [9.17, 15) is 60.7 Å². The molecule has 0 amide bonds. The molecule has 0 aliphatic carbocycles. The summed E-state index contributed by atoms with van der Waals surface area (Å²) in [6.07, 6.45) is 0. The largest absolute Gasteiger partial charge is 0.497 e. The van der Waals surface area contributed by atoms with Gasteiger partial charge in [0.1, 0.15) is 0 Å². The van der Waals surface area contributed by atoms with E-state index in [2.05, 4.69) is 0 Å². The number of phenols is 2. The second-order valence-corrected chi connectivity index (χ2v) is 5.21. The van der Waals surface area contributed by atoms with Crippen LogP contribution in [0.2, 0.25) is 0 Å².